The molecule has 0 atom stereocenters. The standard InChI is InChI=1S/C14H26N4O3/c1-13(2,3)18-12(21)17-9-10(19)16-8-4-5-14(6-7-14)11(15)20/h4-9H2,1-3H3,(H2,15,20)(H,16,19)(H2,17,18,21). The van der Waals surface area contributed by atoms with Crippen LogP contribution in [0.2, 0.25) is 0 Å². The van der Waals surface area contributed by atoms with Gasteiger partial charge in [-0.1, -0.05) is 0 Å². The Morgan fingerprint density at radius 3 is 2.24 bits per heavy atom. The van der Waals surface area contributed by atoms with Crippen molar-refractivity contribution in [2.24, 2.45) is 11.1 Å². The number of carbonyl (C=O) groups is 3. The van der Waals surface area contributed by atoms with Gasteiger partial charge in [-0.2, -0.15) is 0 Å². The molecule has 0 saturated heterocycles. The number of hydrogen-bond donors (Lipinski definition) is 4. The lowest BCUT2D eigenvalue weighted by atomic mass is 10.00. The normalized spacial score (nSPS) is 16.0. The zero-order valence-corrected chi connectivity index (χ0v) is 13.0. The third-order valence-corrected chi connectivity index (χ3v) is 3.43. The van der Waals surface area contributed by atoms with Crippen LogP contribution in [0.4, 0.5) is 4.79 Å². The highest BCUT2D eigenvalue weighted by molar-refractivity contribution is 5.84. The fourth-order valence-corrected chi connectivity index (χ4v) is 2.03. The summed E-state index contributed by atoms with van der Waals surface area (Å²) in [6.07, 6.45) is 3.12. The maximum atomic E-state index is 11.5. The Balaban J connectivity index is 2.09. The van der Waals surface area contributed by atoms with Gasteiger partial charge in [0.15, 0.2) is 0 Å². The summed E-state index contributed by atoms with van der Waals surface area (Å²) in [7, 11) is 0. The summed E-state index contributed by atoms with van der Waals surface area (Å²) in [4.78, 5) is 34.2. The first-order valence-corrected chi connectivity index (χ1v) is 7.27. The summed E-state index contributed by atoms with van der Waals surface area (Å²) in [6.45, 7) is 6.00. The van der Waals surface area contributed by atoms with Crippen molar-refractivity contribution in [1.82, 2.24) is 16.0 Å². The summed E-state index contributed by atoms with van der Waals surface area (Å²) >= 11 is 0. The van der Waals surface area contributed by atoms with Crippen LogP contribution in [-0.2, 0) is 9.59 Å². The third-order valence-electron chi connectivity index (χ3n) is 3.43. The molecule has 0 aromatic heterocycles. The number of urea groups is 1. The van der Waals surface area contributed by atoms with Crippen LogP contribution < -0.4 is 21.7 Å². The molecule has 1 aliphatic carbocycles. The molecular weight excluding hydrogens is 272 g/mol. The fraction of sp³-hybridized carbons (Fsp3) is 0.786. The summed E-state index contributed by atoms with van der Waals surface area (Å²) in [5.74, 6) is -0.489. The zero-order valence-electron chi connectivity index (χ0n) is 13.0. The molecule has 21 heavy (non-hydrogen) atoms. The van der Waals surface area contributed by atoms with Gasteiger partial charge < -0.3 is 21.7 Å². The van der Waals surface area contributed by atoms with Gasteiger partial charge in [-0.25, -0.2) is 4.79 Å². The molecular formula is C14H26N4O3. The van der Waals surface area contributed by atoms with Gasteiger partial charge >= 0.3 is 6.03 Å². The van der Waals surface area contributed by atoms with Crippen LogP contribution in [0.1, 0.15) is 46.5 Å². The first-order valence-electron chi connectivity index (χ1n) is 7.27. The molecule has 0 heterocycles. The van der Waals surface area contributed by atoms with Crippen molar-refractivity contribution < 1.29 is 14.4 Å². The Bertz CT molecular complexity index is 411. The van der Waals surface area contributed by atoms with Gasteiger partial charge in [0.05, 0.1) is 6.54 Å². The van der Waals surface area contributed by atoms with Crippen LogP contribution >= 0.6 is 0 Å². The van der Waals surface area contributed by atoms with E-state index in [9.17, 15) is 14.4 Å². The van der Waals surface area contributed by atoms with Crippen LogP contribution in [0.15, 0.2) is 0 Å². The van der Waals surface area contributed by atoms with Crippen molar-refractivity contribution in [3.05, 3.63) is 0 Å². The van der Waals surface area contributed by atoms with E-state index in [2.05, 4.69) is 16.0 Å². The van der Waals surface area contributed by atoms with E-state index in [4.69, 9.17) is 5.73 Å². The van der Waals surface area contributed by atoms with E-state index >= 15 is 0 Å². The van der Waals surface area contributed by atoms with Gasteiger partial charge in [-0.05, 0) is 46.5 Å². The maximum Gasteiger partial charge on any atom is 0.315 e. The number of primary amides is 1. The topological polar surface area (TPSA) is 113 Å². The molecule has 1 aliphatic rings. The van der Waals surface area contributed by atoms with Crippen LogP contribution in [0.3, 0.4) is 0 Å². The molecule has 0 bridgehead atoms. The molecule has 0 unspecified atom stereocenters. The number of hydrogen-bond acceptors (Lipinski definition) is 3. The molecule has 5 N–H and O–H groups in total. The van der Waals surface area contributed by atoms with Gasteiger partial charge in [-0.15, -0.1) is 0 Å². The highest BCUT2D eigenvalue weighted by Gasteiger charge is 2.47. The van der Waals surface area contributed by atoms with Crippen molar-refractivity contribution in [3.63, 3.8) is 0 Å². The number of nitrogens with two attached hydrogens (primary N) is 1. The average Bonchev–Trinajstić information content (AvgIpc) is 3.11. The molecule has 1 saturated carbocycles. The van der Waals surface area contributed by atoms with E-state index < -0.39 is 0 Å². The van der Waals surface area contributed by atoms with Crippen LogP contribution in [0.5, 0.6) is 0 Å². The average molecular weight is 298 g/mol. The predicted molar refractivity (Wildman–Crippen MR) is 79.4 cm³/mol. The number of amides is 4. The monoisotopic (exact) mass is 298 g/mol. The Kier molecular flexibility index (Phi) is 5.57. The van der Waals surface area contributed by atoms with Crippen molar-refractivity contribution in [2.45, 2.75) is 52.0 Å². The van der Waals surface area contributed by atoms with Crippen LogP contribution in [-0.4, -0.2) is 36.5 Å². The van der Waals surface area contributed by atoms with Gasteiger partial charge in [-0.3, -0.25) is 9.59 Å². The molecule has 7 nitrogen and oxygen atoms in total. The lowest BCUT2D eigenvalue weighted by molar-refractivity contribution is -0.123. The van der Waals surface area contributed by atoms with E-state index in [-0.39, 0.29) is 35.3 Å². The molecule has 7 heteroatoms. The van der Waals surface area contributed by atoms with Gasteiger partial charge in [0.25, 0.3) is 0 Å². The SMILES string of the molecule is CC(C)(C)NC(=O)NCC(=O)NCCCC1(C(N)=O)CC1. The van der Waals surface area contributed by atoms with Crippen molar-refractivity contribution in [2.75, 3.05) is 13.1 Å². The molecule has 0 aromatic carbocycles. The Hall–Kier alpha value is -1.79. The first kappa shape index (κ1) is 17.3. The molecule has 0 spiro atoms. The van der Waals surface area contributed by atoms with Gasteiger partial charge in [0, 0.05) is 17.5 Å². The minimum Gasteiger partial charge on any atom is -0.369 e. The first-order chi connectivity index (χ1) is 9.65. The maximum absolute atomic E-state index is 11.5. The Labute approximate surface area is 125 Å². The summed E-state index contributed by atoms with van der Waals surface area (Å²) in [5, 5.41) is 7.90. The van der Waals surface area contributed by atoms with E-state index in [0.29, 0.717) is 19.4 Å². The zero-order chi connectivity index (χ0) is 16.1. The van der Waals surface area contributed by atoms with Gasteiger partial charge in [0.1, 0.15) is 0 Å². The Morgan fingerprint density at radius 2 is 1.76 bits per heavy atom. The quantitative estimate of drug-likeness (QED) is 0.505. The van der Waals surface area contributed by atoms with E-state index in [1.165, 1.54) is 0 Å². The lowest BCUT2D eigenvalue weighted by Crippen LogP contribution is -2.48. The van der Waals surface area contributed by atoms with Crippen molar-refractivity contribution >= 4 is 17.8 Å². The minimum absolute atomic E-state index is 0.0666. The summed E-state index contributed by atoms with van der Waals surface area (Å²) < 4.78 is 0. The van der Waals surface area contributed by atoms with E-state index in [1.54, 1.807) is 0 Å². The predicted octanol–water partition coefficient (Wildman–Crippen LogP) is 0.246. The number of nitrogens with one attached hydrogen (secondary N) is 3. The minimum atomic E-state index is -0.372. The van der Waals surface area contributed by atoms with Crippen molar-refractivity contribution in [1.29, 1.82) is 0 Å². The molecule has 0 aliphatic heterocycles. The summed E-state index contributed by atoms with van der Waals surface area (Å²) in [6, 6.07) is -0.372. The van der Waals surface area contributed by atoms with Crippen LogP contribution in [0, 0.1) is 5.41 Å². The van der Waals surface area contributed by atoms with E-state index in [1.807, 2.05) is 20.8 Å². The smallest absolute Gasteiger partial charge is 0.315 e. The fourth-order valence-electron chi connectivity index (χ4n) is 2.03. The second-order valence-corrected chi connectivity index (χ2v) is 6.66. The van der Waals surface area contributed by atoms with Crippen LogP contribution in [0.25, 0.3) is 0 Å². The summed E-state index contributed by atoms with van der Waals surface area (Å²) in [5.41, 5.74) is 4.66. The molecule has 1 rings (SSSR count). The number of rotatable bonds is 7. The lowest BCUT2D eigenvalue weighted by Gasteiger charge is -2.20. The molecule has 4 amide bonds. The largest absolute Gasteiger partial charge is 0.369 e. The molecule has 0 aromatic rings. The van der Waals surface area contributed by atoms with E-state index in [0.717, 1.165) is 12.8 Å². The van der Waals surface area contributed by atoms with Gasteiger partial charge in [0.2, 0.25) is 11.8 Å². The number of carbonyl (C=O) groups excluding carboxylic acids is 3. The molecule has 120 valence electrons. The second-order valence-electron chi connectivity index (χ2n) is 6.66. The van der Waals surface area contributed by atoms with Crippen molar-refractivity contribution in [3.8, 4) is 0 Å². The molecule has 1 fully saturated rings. The second kappa shape index (κ2) is 6.78. The molecule has 0 radical (unpaired) electrons. The highest BCUT2D eigenvalue weighted by Crippen LogP contribution is 2.49. The third kappa shape index (κ3) is 6.46. The highest BCUT2D eigenvalue weighted by atomic mass is 16.2. The Morgan fingerprint density at radius 1 is 1.14 bits per heavy atom.